The normalized spacial score (nSPS) is 12.3. The van der Waals surface area contributed by atoms with Gasteiger partial charge in [-0.2, -0.15) is 0 Å². The molecule has 0 saturated carbocycles. The van der Waals surface area contributed by atoms with E-state index < -0.39 is 17.3 Å². The second-order valence-corrected chi connectivity index (χ2v) is 9.46. The standard InChI is InChI=1S/C31H28N2O5/c1-3-4-13-38-19-11-9-18(10-12-19)21-15-23(35)25-27(29(21)33)31(37)24-22(34)14-20(28(32)26(24)30(25)36)17-7-5-16(2)6-8-17/h5-12,14-15,34-35H,3-4,13,32-33H2,1-2H3. The second kappa shape index (κ2) is 9.59. The molecule has 7 heteroatoms. The van der Waals surface area contributed by atoms with Crippen LogP contribution in [0.15, 0.2) is 60.7 Å². The maximum Gasteiger partial charge on any atom is 0.200 e. The molecule has 0 saturated heterocycles. The zero-order valence-electron chi connectivity index (χ0n) is 21.2. The molecule has 0 bridgehead atoms. The number of hydrogen-bond acceptors (Lipinski definition) is 7. The van der Waals surface area contributed by atoms with Crippen LogP contribution in [0.5, 0.6) is 17.2 Å². The van der Waals surface area contributed by atoms with Crippen LogP contribution in [0, 0.1) is 6.92 Å². The molecule has 0 atom stereocenters. The monoisotopic (exact) mass is 508 g/mol. The molecule has 0 radical (unpaired) electrons. The molecule has 0 aliphatic heterocycles. The predicted octanol–water partition coefficient (Wildman–Crippen LogP) is 5.86. The number of hydrogen-bond donors (Lipinski definition) is 4. The van der Waals surface area contributed by atoms with Gasteiger partial charge < -0.3 is 26.4 Å². The average Bonchev–Trinajstić information content (AvgIpc) is 2.90. The smallest absolute Gasteiger partial charge is 0.200 e. The van der Waals surface area contributed by atoms with Crippen molar-refractivity contribution in [2.75, 3.05) is 18.1 Å². The number of unbranched alkanes of at least 4 members (excludes halogenated alkanes) is 1. The Morgan fingerprint density at radius 1 is 0.711 bits per heavy atom. The quantitative estimate of drug-likeness (QED) is 0.128. The van der Waals surface area contributed by atoms with E-state index >= 15 is 0 Å². The number of phenols is 2. The largest absolute Gasteiger partial charge is 0.507 e. The van der Waals surface area contributed by atoms with E-state index in [9.17, 15) is 19.8 Å². The van der Waals surface area contributed by atoms with Gasteiger partial charge in [0.1, 0.15) is 17.2 Å². The van der Waals surface area contributed by atoms with Gasteiger partial charge in [0.15, 0.2) is 0 Å². The van der Waals surface area contributed by atoms with Crippen molar-refractivity contribution < 1.29 is 24.5 Å². The van der Waals surface area contributed by atoms with E-state index in [4.69, 9.17) is 16.2 Å². The van der Waals surface area contributed by atoms with Gasteiger partial charge in [-0.05, 0) is 48.7 Å². The number of rotatable bonds is 6. The van der Waals surface area contributed by atoms with Crippen LogP contribution in [0.4, 0.5) is 11.4 Å². The van der Waals surface area contributed by atoms with Crippen molar-refractivity contribution in [2.45, 2.75) is 26.7 Å². The number of nitrogens with two attached hydrogens (primary N) is 2. The van der Waals surface area contributed by atoms with Gasteiger partial charge in [0, 0.05) is 11.1 Å². The molecule has 0 unspecified atom stereocenters. The third-order valence-corrected chi connectivity index (χ3v) is 6.90. The highest BCUT2D eigenvalue weighted by molar-refractivity contribution is 6.34. The second-order valence-electron chi connectivity index (χ2n) is 9.46. The van der Waals surface area contributed by atoms with Gasteiger partial charge in [-0.1, -0.05) is 55.3 Å². The van der Waals surface area contributed by atoms with Crippen molar-refractivity contribution in [3.8, 4) is 39.5 Å². The molecule has 38 heavy (non-hydrogen) atoms. The number of ketones is 2. The highest BCUT2D eigenvalue weighted by atomic mass is 16.5. The molecule has 6 N–H and O–H groups in total. The summed E-state index contributed by atoms with van der Waals surface area (Å²) >= 11 is 0. The van der Waals surface area contributed by atoms with Crippen LogP contribution in [-0.2, 0) is 0 Å². The Kier molecular flexibility index (Phi) is 6.28. The SMILES string of the molecule is CCCCOc1ccc(-c2cc(O)c3c(c2N)C(=O)c2c(O)cc(-c4ccc(C)cc4)c(N)c2C3=O)cc1. The van der Waals surface area contributed by atoms with Gasteiger partial charge in [-0.25, -0.2) is 0 Å². The summed E-state index contributed by atoms with van der Waals surface area (Å²) in [6, 6.07) is 17.2. The molecular weight excluding hydrogens is 480 g/mol. The summed E-state index contributed by atoms with van der Waals surface area (Å²) in [4.78, 5) is 27.4. The first-order valence-corrected chi connectivity index (χ1v) is 12.4. The number of benzene rings is 4. The van der Waals surface area contributed by atoms with Gasteiger partial charge in [0.2, 0.25) is 11.6 Å². The van der Waals surface area contributed by atoms with Crippen molar-refractivity contribution >= 4 is 22.9 Å². The van der Waals surface area contributed by atoms with Crippen LogP contribution in [0.2, 0.25) is 0 Å². The number of carbonyl (C=O) groups is 2. The maximum absolute atomic E-state index is 13.7. The molecule has 1 aliphatic carbocycles. The highest BCUT2D eigenvalue weighted by Crippen LogP contribution is 2.47. The fraction of sp³-hybridized carbons (Fsp3) is 0.161. The zero-order valence-corrected chi connectivity index (χ0v) is 21.2. The molecular formula is C31H28N2O5. The number of fused-ring (bicyclic) bond motifs is 2. The van der Waals surface area contributed by atoms with Crippen LogP contribution < -0.4 is 16.2 Å². The first-order chi connectivity index (χ1) is 18.2. The van der Waals surface area contributed by atoms with Crippen LogP contribution >= 0.6 is 0 Å². The van der Waals surface area contributed by atoms with Crippen molar-refractivity contribution in [3.05, 3.63) is 88.5 Å². The van der Waals surface area contributed by atoms with Crippen molar-refractivity contribution in [3.63, 3.8) is 0 Å². The molecule has 1 aliphatic rings. The number of ether oxygens (including phenoxy) is 1. The minimum atomic E-state index is -0.677. The first kappa shape index (κ1) is 24.9. The van der Waals surface area contributed by atoms with Gasteiger partial charge in [0.05, 0.1) is 40.2 Å². The lowest BCUT2D eigenvalue weighted by Gasteiger charge is -2.25. The van der Waals surface area contributed by atoms with E-state index in [-0.39, 0.29) is 39.4 Å². The molecule has 0 fully saturated rings. The molecule has 192 valence electrons. The molecule has 0 aromatic heterocycles. The van der Waals surface area contributed by atoms with E-state index in [1.807, 2.05) is 31.2 Å². The van der Waals surface area contributed by atoms with Gasteiger partial charge >= 0.3 is 0 Å². The summed E-state index contributed by atoms with van der Waals surface area (Å²) in [5.41, 5.74) is 15.3. The van der Waals surface area contributed by atoms with E-state index in [1.54, 1.807) is 24.3 Å². The fourth-order valence-corrected chi connectivity index (χ4v) is 4.83. The van der Waals surface area contributed by atoms with Crippen molar-refractivity contribution in [1.29, 1.82) is 0 Å². The number of aryl methyl sites for hydroxylation is 1. The summed E-state index contributed by atoms with van der Waals surface area (Å²) in [7, 11) is 0. The Morgan fingerprint density at radius 3 is 1.61 bits per heavy atom. The number of anilines is 2. The molecule has 4 aromatic carbocycles. The lowest BCUT2D eigenvalue weighted by Crippen LogP contribution is -2.24. The van der Waals surface area contributed by atoms with Crippen LogP contribution in [0.1, 0.15) is 57.2 Å². The molecule has 4 aromatic rings. The molecule has 0 heterocycles. The predicted molar refractivity (Wildman–Crippen MR) is 148 cm³/mol. The first-order valence-electron chi connectivity index (χ1n) is 12.4. The Morgan fingerprint density at radius 2 is 1.16 bits per heavy atom. The summed E-state index contributed by atoms with van der Waals surface area (Å²) in [5, 5.41) is 21.9. The third-order valence-electron chi connectivity index (χ3n) is 6.90. The Bertz CT molecular complexity index is 1590. The number of nitrogen functional groups attached to an aromatic ring is 2. The number of carbonyl (C=O) groups excluding carboxylic acids is 2. The molecule has 0 spiro atoms. The van der Waals surface area contributed by atoms with Gasteiger partial charge in [0.25, 0.3) is 0 Å². The zero-order chi connectivity index (χ0) is 27.1. The Labute approximate surface area is 220 Å². The Balaban J connectivity index is 1.61. The van der Waals surface area contributed by atoms with Crippen LogP contribution in [-0.4, -0.2) is 28.4 Å². The fourth-order valence-electron chi connectivity index (χ4n) is 4.83. The van der Waals surface area contributed by atoms with Crippen LogP contribution in [0.25, 0.3) is 22.3 Å². The topological polar surface area (TPSA) is 136 Å². The van der Waals surface area contributed by atoms with E-state index in [1.165, 1.54) is 12.1 Å². The maximum atomic E-state index is 13.7. The lowest BCUT2D eigenvalue weighted by molar-refractivity contribution is 0.0975. The summed E-state index contributed by atoms with van der Waals surface area (Å²) in [6.45, 7) is 4.62. The van der Waals surface area contributed by atoms with Crippen molar-refractivity contribution in [2.24, 2.45) is 0 Å². The highest BCUT2D eigenvalue weighted by Gasteiger charge is 2.39. The molecule has 0 amide bonds. The summed E-state index contributed by atoms with van der Waals surface area (Å²) in [6.07, 6.45) is 1.96. The van der Waals surface area contributed by atoms with E-state index in [2.05, 4.69) is 6.92 Å². The average molecular weight is 509 g/mol. The summed E-state index contributed by atoms with van der Waals surface area (Å²) < 4.78 is 5.70. The number of phenolic OH excluding ortho intramolecular Hbond substituents is 2. The summed E-state index contributed by atoms with van der Waals surface area (Å²) in [5.74, 6) is -1.44. The molecule has 5 rings (SSSR count). The van der Waals surface area contributed by atoms with Gasteiger partial charge in [-0.15, -0.1) is 0 Å². The molecule has 7 nitrogen and oxygen atoms in total. The van der Waals surface area contributed by atoms with Crippen molar-refractivity contribution in [1.82, 2.24) is 0 Å². The minimum absolute atomic E-state index is 0.0297. The number of aromatic hydroxyl groups is 2. The van der Waals surface area contributed by atoms with E-state index in [0.29, 0.717) is 34.6 Å². The van der Waals surface area contributed by atoms with E-state index in [0.717, 1.165) is 18.4 Å². The minimum Gasteiger partial charge on any atom is -0.507 e. The van der Waals surface area contributed by atoms with Gasteiger partial charge in [-0.3, -0.25) is 9.59 Å². The Hall–Kier alpha value is -4.78. The van der Waals surface area contributed by atoms with Crippen LogP contribution in [0.3, 0.4) is 0 Å². The lowest BCUT2D eigenvalue weighted by atomic mass is 9.78. The third kappa shape index (κ3) is 4.02.